The minimum atomic E-state index is 1.00. The van der Waals surface area contributed by atoms with Crippen molar-refractivity contribution in [2.45, 2.75) is 20.0 Å². The second-order valence-electron chi connectivity index (χ2n) is 5.93. The first-order valence-electron chi connectivity index (χ1n) is 7.60. The first kappa shape index (κ1) is 15.7. The number of likely N-dealkylation sites (N-methyl/N-ethyl adjacent to an activating group) is 1. The molecule has 0 aliphatic heterocycles. The lowest BCUT2D eigenvalue weighted by Gasteiger charge is -2.25. The van der Waals surface area contributed by atoms with Crippen molar-refractivity contribution in [2.75, 3.05) is 27.2 Å². The molecule has 0 aromatic heterocycles. The maximum atomic E-state index is 2.53. The fraction of sp³-hybridized carbons (Fsp3) is 0.368. The van der Waals surface area contributed by atoms with E-state index >= 15 is 0 Å². The van der Waals surface area contributed by atoms with Crippen molar-refractivity contribution in [3.63, 3.8) is 0 Å². The quantitative estimate of drug-likeness (QED) is 0.766. The molecule has 0 amide bonds. The van der Waals surface area contributed by atoms with Crippen LogP contribution in [0.2, 0.25) is 0 Å². The minimum absolute atomic E-state index is 1.00. The van der Waals surface area contributed by atoms with Crippen molar-refractivity contribution in [1.29, 1.82) is 0 Å². The molecular formula is C19H26N2. The molecule has 2 heteroatoms. The van der Waals surface area contributed by atoms with Gasteiger partial charge < -0.3 is 4.90 Å². The SMILES string of the molecule is Cc1ccccc1CN(CCN(C)C)Cc1ccccc1. The number of hydrogen-bond acceptors (Lipinski definition) is 2. The Kier molecular flexibility index (Phi) is 5.97. The largest absolute Gasteiger partial charge is 0.308 e. The zero-order valence-electron chi connectivity index (χ0n) is 13.4. The molecule has 2 nitrogen and oxygen atoms in total. The Balaban J connectivity index is 2.06. The molecule has 0 fully saturated rings. The number of aryl methyl sites for hydroxylation is 1. The Labute approximate surface area is 129 Å². The monoisotopic (exact) mass is 282 g/mol. The van der Waals surface area contributed by atoms with Crippen LogP contribution in [0.4, 0.5) is 0 Å². The van der Waals surface area contributed by atoms with E-state index in [1.54, 1.807) is 0 Å². The van der Waals surface area contributed by atoms with Crippen molar-refractivity contribution in [2.24, 2.45) is 0 Å². The van der Waals surface area contributed by atoms with Crippen LogP contribution in [0.5, 0.6) is 0 Å². The van der Waals surface area contributed by atoms with E-state index < -0.39 is 0 Å². The molecule has 0 spiro atoms. The van der Waals surface area contributed by atoms with Gasteiger partial charge in [-0.2, -0.15) is 0 Å². The van der Waals surface area contributed by atoms with Gasteiger partial charge in [-0.1, -0.05) is 54.6 Å². The Morgan fingerprint density at radius 1 is 0.762 bits per heavy atom. The van der Waals surface area contributed by atoms with Crippen molar-refractivity contribution >= 4 is 0 Å². The Hall–Kier alpha value is -1.64. The van der Waals surface area contributed by atoms with E-state index in [1.165, 1.54) is 16.7 Å². The first-order valence-corrected chi connectivity index (χ1v) is 7.60. The van der Waals surface area contributed by atoms with Crippen LogP contribution in [0, 0.1) is 6.92 Å². The third kappa shape index (κ3) is 5.33. The number of hydrogen-bond donors (Lipinski definition) is 0. The van der Waals surface area contributed by atoms with Crippen LogP contribution in [0.25, 0.3) is 0 Å². The van der Waals surface area contributed by atoms with E-state index in [0.29, 0.717) is 0 Å². The van der Waals surface area contributed by atoms with Crippen molar-refractivity contribution in [1.82, 2.24) is 9.80 Å². The molecule has 0 saturated heterocycles. The van der Waals surface area contributed by atoms with Gasteiger partial charge in [0.2, 0.25) is 0 Å². The lowest BCUT2D eigenvalue weighted by atomic mass is 10.1. The average molecular weight is 282 g/mol. The second kappa shape index (κ2) is 7.96. The van der Waals surface area contributed by atoms with E-state index in [4.69, 9.17) is 0 Å². The molecule has 0 unspecified atom stereocenters. The minimum Gasteiger partial charge on any atom is -0.308 e. The van der Waals surface area contributed by atoms with Crippen LogP contribution in [-0.2, 0) is 13.1 Å². The van der Waals surface area contributed by atoms with Gasteiger partial charge in [0, 0.05) is 26.2 Å². The average Bonchev–Trinajstić information content (AvgIpc) is 2.48. The molecule has 2 aromatic carbocycles. The van der Waals surface area contributed by atoms with Gasteiger partial charge >= 0.3 is 0 Å². The molecule has 2 aromatic rings. The molecule has 0 N–H and O–H groups in total. The third-order valence-electron chi connectivity index (χ3n) is 3.77. The van der Waals surface area contributed by atoms with E-state index in [9.17, 15) is 0 Å². The molecule has 0 radical (unpaired) electrons. The Bertz CT molecular complexity index is 534. The summed E-state index contributed by atoms with van der Waals surface area (Å²) in [5.74, 6) is 0. The van der Waals surface area contributed by atoms with Gasteiger partial charge in [0.05, 0.1) is 0 Å². The molecular weight excluding hydrogens is 256 g/mol. The Morgan fingerprint density at radius 2 is 1.43 bits per heavy atom. The van der Waals surface area contributed by atoms with Gasteiger partial charge in [0.25, 0.3) is 0 Å². The summed E-state index contributed by atoms with van der Waals surface area (Å²) in [6.45, 7) is 6.37. The smallest absolute Gasteiger partial charge is 0.0240 e. The van der Waals surface area contributed by atoms with Gasteiger partial charge in [-0.25, -0.2) is 0 Å². The highest BCUT2D eigenvalue weighted by atomic mass is 15.2. The predicted octanol–water partition coefficient (Wildman–Crippen LogP) is 3.56. The van der Waals surface area contributed by atoms with Crippen LogP contribution in [0.3, 0.4) is 0 Å². The molecule has 2 rings (SSSR count). The second-order valence-corrected chi connectivity index (χ2v) is 5.93. The number of nitrogens with zero attached hydrogens (tertiary/aromatic N) is 2. The zero-order valence-corrected chi connectivity index (χ0v) is 13.4. The molecule has 21 heavy (non-hydrogen) atoms. The highest BCUT2D eigenvalue weighted by Crippen LogP contribution is 2.13. The van der Waals surface area contributed by atoms with Crippen LogP contribution in [0.1, 0.15) is 16.7 Å². The van der Waals surface area contributed by atoms with E-state index in [1.807, 2.05) is 0 Å². The fourth-order valence-corrected chi connectivity index (χ4v) is 2.43. The zero-order chi connectivity index (χ0) is 15.1. The van der Waals surface area contributed by atoms with E-state index in [0.717, 1.165) is 26.2 Å². The maximum Gasteiger partial charge on any atom is 0.0240 e. The third-order valence-corrected chi connectivity index (χ3v) is 3.77. The number of benzene rings is 2. The summed E-state index contributed by atoms with van der Waals surface area (Å²) >= 11 is 0. The fourth-order valence-electron chi connectivity index (χ4n) is 2.43. The summed E-state index contributed by atoms with van der Waals surface area (Å²) < 4.78 is 0. The summed E-state index contributed by atoms with van der Waals surface area (Å²) in [6.07, 6.45) is 0. The van der Waals surface area contributed by atoms with Gasteiger partial charge in [0.1, 0.15) is 0 Å². The van der Waals surface area contributed by atoms with Gasteiger partial charge in [-0.15, -0.1) is 0 Å². The maximum absolute atomic E-state index is 2.53. The summed E-state index contributed by atoms with van der Waals surface area (Å²) in [5, 5.41) is 0. The lowest BCUT2D eigenvalue weighted by molar-refractivity contribution is 0.226. The van der Waals surface area contributed by atoms with Crippen LogP contribution in [-0.4, -0.2) is 37.0 Å². The van der Waals surface area contributed by atoms with Gasteiger partial charge in [-0.05, 0) is 37.7 Å². The van der Waals surface area contributed by atoms with E-state index in [-0.39, 0.29) is 0 Å². The first-order chi connectivity index (χ1) is 10.1. The lowest BCUT2D eigenvalue weighted by Crippen LogP contribution is -2.31. The van der Waals surface area contributed by atoms with Gasteiger partial charge in [-0.3, -0.25) is 4.90 Å². The van der Waals surface area contributed by atoms with Crippen LogP contribution >= 0.6 is 0 Å². The number of rotatable bonds is 7. The van der Waals surface area contributed by atoms with Crippen LogP contribution in [0.15, 0.2) is 54.6 Å². The standard InChI is InChI=1S/C19H26N2/c1-17-9-7-8-12-19(17)16-21(14-13-20(2)3)15-18-10-5-4-6-11-18/h4-12H,13-16H2,1-3H3. The Morgan fingerprint density at radius 3 is 2.10 bits per heavy atom. The molecule has 0 heterocycles. The van der Waals surface area contributed by atoms with E-state index in [2.05, 4.69) is 85.4 Å². The summed E-state index contributed by atoms with van der Waals surface area (Å²) in [5.41, 5.74) is 4.18. The molecule has 112 valence electrons. The summed E-state index contributed by atoms with van der Waals surface area (Å²) in [6, 6.07) is 19.4. The van der Waals surface area contributed by atoms with Crippen molar-refractivity contribution < 1.29 is 0 Å². The predicted molar refractivity (Wildman–Crippen MR) is 90.3 cm³/mol. The van der Waals surface area contributed by atoms with Gasteiger partial charge in [0.15, 0.2) is 0 Å². The highest BCUT2D eigenvalue weighted by Gasteiger charge is 2.09. The van der Waals surface area contributed by atoms with Crippen molar-refractivity contribution in [3.8, 4) is 0 Å². The molecule has 0 atom stereocenters. The molecule has 0 bridgehead atoms. The molecule has 0 aliphatic rings. The summed E-state index contributed by atoms with van der Waals surface area (Å²) in [7, 11) is 4.27. The molecule has 0 saturated carbocycles. The van der Waals surface area contributed by atoms with Crippen LogP contribution < -0.4 is 0 Å². The topological polar surface area (TPSA) is 6.48 Å². The normalized spacial score (nSPS) is 11.3. The highest BCUT2D eigenvalue weighted by molar-refractivity contribution is 5.25. The van der Waals surface area contributed by atoms with Crippen molar-refractivity contribution in [3.05, 3.63) is 71.3 Å². The molecule has 0 aliphatic carbocycles. The summed E-state index contributed by atoms with van der Waals surface area (Å²) in [4.78, 5) is 4.77.